The van der Waals surface area contributed by atoms with E-state index in [0.717, 1.165) is 5.69 Å². The fourth-order valence-corrected chi connectivity index (χ4v) is 1.21. The molecule has 4 nitrogen and oxygen atoms in total. The highest BCUT2D eigenvalue weighted by Crippen LogP contribution is 1.98. The summed E-state index contributed by atoms with van der Waals surface area (Å²) in [5, 5.41) is 3.84. The van der Waals surface area contributed by atoms with Crippen molar-refractivity contribution in [2.75, 3.05) is 0 Å². The highest BCUT2D eigenvalue weighted by atomic mass is 32.2. The molecule has 0 amide bonds. The minimum Gasteiger partial charge on any atom is -0.306 e. The molecule has 1 N–H and O–H groups in total. The van der Waals surface area contributed by atoms with Crippen LogP contribution in [-0.2, 0) is 23.9 Å². The predicted molar refractivity (Wildman–Crippen MR) is 37.7 cm³/mol. The highest BCUT2D eigenvalue weighted by Gasteiger charge is 2.00. The molecule has 56 valence electrons. The Morgan fingerprint density at radius 1 is 1.90 bits per heavy atom. The average molecular weight is 160 g/mol. The molecule has 10 heavy (non-hydrogen) atoms. The molecule has 0 fully saturated rings. The summed E-state index contributed by atoms with van der Waals surface area (Å²) in [6.07, 6.45) is 1.60. The van der Waals surface area contributed by atoms with Crippen molar-refractivity contribution in [1.29, 1.82) is 0 Å². The topological polar surface area (TPSA) is 55.1 Å². The lowest BCUT2D eigenvalue weighted by Crippen LogP contribution is -2.01. The van der Waals surface area contributed by atoms with Gasteiger partial charge in [0.05, 0.1) is 11.4 Å². The second-order valence-corrected chi connectivity index (χ2v) is 2.84. The first kappa shape index (κ1) is 7.43. The molecule has 1 atom stereocenters. The highest BCUT2D eigenvalue weighted by molar-refractivity contribution is 7.78. The van der Waals surface area contributed by atoms with Crippen LogP contribution < -0.4 is 0 Å². The van der Waals surface area contributed by atoms with Crippen LogP contribution in [0.25, 0.3) is 0 Å². The largest absolute Gasteiger partial charge is 0.306 e. The van der Waals surface area contributed by atoms with Gasteiger partial charge in [0.15, 0.2) is 11.1 Å². The van der Waals surface area contributed by atoms with Crippen LogP contribution in [0.1, 0.15) is 5.69 Å². The standard InChI is InChI=1S/C5H8N2O2S/c1-7-5(2-3-6-7)4-10(8)9/h2-3H,4H2,1H3,(H,8,9). The molecular formula is C5H8N2O2S. The van der Waals surface area contributed by atoms with Gasteiger partial charge >= 0.3 is 0 Å². The van der Waals surface area contributed by atoms with Crippen LogP contribution in [0.15, 0.2) is 12.3 Å². The Hall–Kier alpha value is -0.680. The lowest BCUT2D eigenvalue weighted by molar-refractivity contribution is 0.560. The van der Waals surface area contributed by atoms with Gasteiger partial charge in [-0.1, -0.05) is 0 Å². The van der Waals surface area contributed by atoms with Gasteiger partial charge < -0.3 is 4.55 Å². The fraction of sp³-hybridized carbons (Fsp3) is 0.400. The van der Waals surface area contributed by atoms with Gasteiger partial charge in [-0.05, 0) is 6.07 Å². The van der Waals surface area contributed by atoms with Crippen LogP contribution in [0.3, 0.4) is 0 Å². The fourth-order valence-electron chi connectivity index (χ4n) is 0.669. The van der Waals surface area contributed by atoms with E-state index in [9.17, 15) is 4.21 Å². The summed E-state index contributed by atoms with van der Waals surface area (Å²) < 4.78 is 20.3. The lowest BCUT2D eigenvalue weighted by atomic mass is 10.5. The molecule has 0 saturated heterocycles. The summed E-state index contributed by atoms with van der Waals surface area (Å²) in [5.41, 5.74) is 0.765. The maximum Gasteiger partial charge on any atom is 0.158 e. The molecule has 5 heteroatoms. The van der Waals surface area contributed by atoms with Crippen LogP contribution in [-0.4, -0.2) is 18.5 Å². The molecule has 0 aliphatic rings. The summed E-state index contributed by atoms with van der Waals surface area (Å²) in [5.74, 6) is 0.149. The monoisotopic (exact) mass is 160 g/mol. The Bertz CT molecular complexity index is 246. The minimum atomic E-state index is -1.77. The first-order valence-corrected chi connectivity index (χ1v) is 4.02. The van der Waals surface area contributed by atoms with Gasteiger partial charge in [-0.3, -0.25) is 4.68 Å². The molecule has 0 saturated carbocycles. The van der Waals surface area contributed by atoms with E-state index in [-0.39, 0.29) is 5.75 Å². The van der Waals surface area contributed by atoms with Crippen molar-refractivity contribution in [1.82, 2.24) is 9.78 Å². The SMILES string of the molecule is Cn1nccc1CS(=O)O. The van der Waals surface area contributed by atoms with E-state index in [1.807, 2.05) is 0 Å². The quantitative estimate of drug-likeness (QED) is 0.626. The molecule has 0 spiro atoms. The Balaban J connectivity index is 2.74. The third kappa shape index (κ3) is 1.65. The maximum absolute atomic E-state index is 10.3. The molecule has 1 aromatic rings. The second kappa shape index (κ2) is 2.94. The predicted octanol–water partition coefficient (Wildman–Crippen LogP) is 0.142. The Morgan fingerprint density at radius 2 is 2.60 bits per heavy atom. The van der Waals surface area contributed by atoms with Gasteiger partial charge in [-0.15, -0.1) is 0 Å². The van der Waals surface area contributed by atoms with E-state index in [2.05, 4.69) is 5.10 Å². The number of hydrogen-bond donors (Lipinski definition) is 1. The molecule has 1 aromatic heterocycles. The summed E-state index contributed by atoms with van der Waals surface area (Å²) in [7, 11) is 1.74. The molecule has 0 aliphatic heterocycles. The molecule has 0 aromatic carbocycles. The van der Waals surface area contributed by atoms with Crippen molar-refractivity contribution in [3.63, 3.8) is 0 Å². The molecule has 1 unspecified atom stereocenters. The first-order valence-electron chi connectivity index (χ1n) is 2.74. The minimum absolute atomic E-state index is 0.149. The van der Waals surface area contributed by atoms with E-state index in [1.165, 1.54) is 0 Å². The van der Waals surface area contributed by atoms with Crippen molar-refractivity contribution in [2.45, 2.75) is 5.75 Å². The molecule has 0 radical (unpaired) electrons. The smallest absolute Gasteiger partial charge is 0.158 e. The second-order valence-electron chi connectivity index (χ2n) is 1.91. The van der Waals surface area contributed by atoms with E-state index in [1.54, 1.807) is 24.0 Å². The van der Waals surface area contributed by atoms with Gasteiger partial charge in [-0.2, -0.15) is 5.10 Å². The molecular weight excluding hydrogens is 152 g/mol. The summed E-state index contributed by atoms with van der Waals surface area (Å²) in [4.78, 5) is 0. The van der Waals surface area contributed by atoms with Crippen LogP contribution in [0.5, 0.6) is 0 Å². The molecule has 0 aliphatic carbocycles. The molecule has 1 rings (SSSR count). The van der Waals surface area contributed by atoms with Crippen LogP contribution in [0.2, 0.25) is 0 Å². The molecule has 0 bridgehead atoms. The zero-order valence-electron chi connectivity index (χ0n) is 5.52. The summed E-state index contributed by atoms with van der Waals surface area (Å²) in [6, 6.07) is 1.72. The third-order valence-corrected chi connectivity index (χ3v) is 1.74. The Kier molecular flexibility index (Phi) is 2.18. The lowest BCUT2D eigenvalue weighted by Gasteiger charge is -1.95. The number of rotatable bonds is 2. The number of hydrogen-bond acceptors (Lipinski definition) is 2. The molecule has 1 heterocycles. The Labute approximate surface area is 61.1 Å². The van der Waals surface area contributed by atoms with E-state index < -0.39 is 11.1 Å². The van der Waals surface area contributed by atoms with Crippen LogP contribution >= 0.6 is 0 Å². The van der Waals surface area contributed by atoms with Gasteiger partial charge in [0, 0.05) is 13.2 Å². The average Bonchev–Trinajstić information content (AvgIpc) is 2.15. The zero-order chi connectivity index (χ0) is 7.56. The van der Waals surface area contributed by atoms with E-state index >= 15 is 0 Å². The van der Waals surface area contributed by atoms with Crippen molar-refractivity contribution in [2.24, 2.45) is 7.05 Å². The van der Waals surface area contributed by atoms with E-state index in [4.69, 9.17) is 4.55 Å². The summed E-state index contributed by atoms with van der Waals surface area (Å²) >= 11 is -1.77. The van der Waals surface area contributed by atoms with Crippen molar-refractivity contribution in [3.8, 4) is 0 Å². The van der Waals surface area contributed by atoms with Crippen molar-refractivity contribution in [3.05, 3.63) is 18.0 Å². The Morgan fingerprint density at radius 3 is 3.00 bits per heavy atom. The normalized spacial score (nSPS) is 13.4. The van der Waals surface area contributed by atoms with Crippen LogP contribution in [0.4, 0.5) is 0 Å². The maximum atomic E-state index is 10.3. The number of aromatic nitrogens is 2. The van der Waals surface area contributed by atoms with Crippen molar-refractivity contribution < 1.29 is 8.76 Å². The first-order chi connectivity index (χ1) is 4.70. The zero-order valence-corrected chi connectivity index (χ0v) is 6.34. The third-order valence-electron chi connectivity index (χ3n) is 1.19. The van der Waals surface area contributed by atoms with Gasteiger partial charge in [-0.25, -0.2) is 4.21 Å². The van der Waals surface area contributed by atoms with Gasteiger partial charge in [0.25, 0.3) is 0 Å². The number of aryl methyl sites for hydroxylation is 1. The van der Waals surface area contributed by atoms with Crippen molar-refractivity contribution >= 4 is 11.1 Å². The van der Waals surface area contributed by atoms with Gasteiger partial charge in [0.2, 0.25) is 0 Å². The summed E-state index contributed by atoms with van der Waals surface area (Å²) in [6.45, 7) is 0. The van der Waals surface area contributed by atoms with Gasteiger partial charge in [0.1, 0.15) is 0 Å². The van der Waals surface area contributed by atoms with E-state index in [0.29, 0.717) is 0 Å². The number of nitrogens with zero attached hydrogens (tertiary/aromatic N) is 2. The van der Waals surface area contributed by atoms with Crippen LogP contribution in [0, 0.1) is 0 Å².